The Hall–Kier alpha value is -3.39. The third-order valence-corrected chi connectivity index (χ3v) is 5.91. The van der Waals surface area contributed by atoms with Gasteiger partial charge >= 0.3 is 0 Å². The van der Waals surface area contributed by atoms with Gasteiger partial charge in [-0.15, -0.1) is 0 Å². The van der Waals surface area contributed by atoms with Crippen LogP contribution in [-0.2, 0) is 6.42 Å². The summed E-state index contributed by atoms with van der Waals surface area (Å²) >= 11 is 0. The SMILES string of the molecule is COc1cc(-c2ccccc2)cc2cc(C)cc(C3Cc4ccccc4C3=O)c12. The van der Waals surface area contributed by atoms with Gasteiger partial charge in [0.05, 0.1) is 13.0 Å². The van der Waals surface area contributed by atoms with E-state index < -0.39 is 0 Å². The van der Waals surface area contributed by atoms with Crippen LogP contribution < -0.4 is 4.74 Å². The van der Waals surface area contributed by atoms with Crippen molar-refractivity contribution < 1.29 is 9.53 Å². The number of hydrogen-bond acceptors (Lipinski definition) is 2. The molecule has 1 aliphatic rings. The molecule has 0 radical (unpaired) electrons. The van der Waals surface area contributed by atoms with Gasteiger partial charge in [0.2, 0.25) is 0 Å². The summed E-state index contributed by atoms with van der Waals surface area (Å²) in [5.41, 5.74) is 6.48. The normalized spacial score (nSPS) is 15.5. The minimum atomic E-state index is -0.161. The molecule has 2 heteroatoms. The van der Waals surface area contributed by atoms with Crippen molar-refractivity contribution in [3.63, 3.8) is 0 Å². The average molecular weight is 378 g/mol. The molecular formula is C27H22O2. The van der Waals surface area contributed by atoms with Crippen LogP contribution in [0, 0.1) is 6.92 Å². The lowest BCUT2D eigenvalue weighted by molar-refractivity contribution is 0.0973. The van der Waals surface area contributed by atoms with Crippen LogP contribution in [0.2, 0.25) is 0 Å². The average Bonchev–Trinajstić information content (AvgIpc) is 3.09. The van der Waals surface area contributed by atoms with Crippen LogP contribution in [0.5, 0.6) is 5.75 Å². The molecule has 4 aromatic carbocycles. The van der Waals surface area contributed by atoms with Crippen LogP contribution in [0.4, 0.5) is 0 Å². The number of carbonyl (C=O) groups excluding carboxylic acids is 1. The quantitative estimate of drug-likeness (QED) is 0.415. The molecule has 0 bridgehead atoms. The fourth-order valence-corrected chi connectivity index (χ4v) is 4.59. The molecule has 0 aromatic heterocycles. The standard InChI is InChI=1S/C27H22O2/c1-17-12-21-14-20(18-8-4-3-5-9-18)16-25(29-2)26(21)23(13-17)24-15-19-10-6-7-11-22(19)27(24)28/h3-14,16,24H,15H2,1-2H3. The van der Waals surface area contributed by atoms with Crippen molar-refractivity contribution >= 4 is 16.6 Å². The summed E-state index contributed by atoms with van der Waals surface area (Å²) in [6.45, 7) is 2.09. The summed E-state index contributed by atoms with van der Waals surface area (Å²) in [4.78, 5) is 13.2. The molecular weight excluding hydrogens is 356 g/mol. The van der Waals surface area contributed by atoms with Gasteiger partial charge < -0.3 is 4.74 Å². The Morgan fingerprint density at radius 1 is 0.862 bits per heavy atom. The fourth-order valence-electron chi connectivity index (χ4n) is 4.59. The van der Waals surface area contributed by atoms with E-state index in [1.165, 1.54) is 0 Å². The lowest BCUT2D eigenvalue weighted by atomic mass is 9.87. The summed E-state index contributed by atoms with van der Waals surface area (Å²) < 4.78 is 5.83. The zero-order valence-corrected chi connectivity index (χ0v) is 16.6. The summed E-state index contributed by atoms with van der Waals surface area (Å²) in [5, 5.41) is 2.16. The molecule has 1 aliphatic carbocycles. The van der Waals surface area contributed by atoms with Gasteiger partial charge in [0, 0.05) is 10.9 Å². The van der Waals surface area contributed by atoms with Crippen LogP contribution in [-0.4, -0.2) is 12.9 Å². The highest BCUT2D eigenvalue weighted by Crippen LogP contribution is 2.42. The minimum absolute atomic E-state index is 0.161. The Morgan fingerprint density at radius 2 is 1.62 bits per heavy atom. The van der Waals surface area contributed by atoms with Crippen molar-refractivity contribution in [2.75, 3.05) is 7.11 Å². The number of ketones is 1. The molecule has 0 spiro atoms. The molecule has 2 nitrogen and oxygen atoms in total. The van der Waals surface area contributed by atoms with Gasteiger partial charge in [-0.1, -0.05) is 72.3 Å². The maximum absolute atomic E-state index is 13.2. The van der Waals surface area contributed by atoms with Gasteiger partial charge in [-0.2, -0.15) is 0 Å². The third kappa shape index (κ3) is 2.92. The number of Topliss-reactive ketones (excluding diaryl/α,β-unsaturated/α-hetero) is 1. The highest BCUT2D eigenvalue weighted by Gasteiger charge is 2.33. The molecule has 1 atom stereocenters. The third-order valence-electron chi connectivity index (χ3n) is 5.91. The number of methoxy groups -OCH3 is 1. The van der Waals surface area contributed by atoms with E-state index in [9.17, 15) is 4.79 Å². The molecule has 29 heavy (non-hydrogen) atoms. The molecule has 0 saturated carbocycles. The van der Waals surface area contributed by atoms with Gasteiger partial charge in [0.1, 0.15) is 5.75 Å². The molecule has 142 valence electrons. The van der Waals surface area contributed by atoms with Crippen molar-refractivity contribution in [2.45, 2.75) is 19.3 Å². The zero-order chi connectivity index (χ0) is 20.0. The van der Waals surface area contributed by atoms with Crippen LogP contribution in [0.25, 0.3) is 21.9 Å². The predicted octanol–water partition coefficient (Wildman–Crippen LogP) is 6.35. The molecule has 1 unspecified atom stereocenters. The van der Waals surface area contributed by atoms with Crippen molar-refractivity contribution in [3.05, 3.63) is 101 Å². The molecule has 0 N–H and O–H groups in total. The van der Waals surface area contributed by atoms with E-state index in [1.807, 2.05) is 36.4 Å². The molecule has 0 aliphatic heterocycles. The molecule has 5 rings (SSSR count). The van der Waals surface area contributed by atoms with E-state index in [2.05, 4.69) is 49.4 Å². The summed E-state index contributed by atoms with van der Waals surface area (Å²) in [6, 6.07) is 26.9. The second-order valence-electron chi connectivity index (χ2n) is 7.77. The van der Waals surface area contributed by atoms with E-state index in [0.717, 1.165) is 56.3 Å². The largest absolute Gasteiger partial charge is 0.496 e. The van der Waals surface area contributed by atoms with E-state index in [4.69, 9.17) is 4.74 Å². The first kappa shape index (κ1) is 17.7. The Balaban J connectivity index is 1.72. The maximum atomic E-state index is 13.2. The fraction of sp³-hybridized carbons (Fsp3) is 0.148. The van der Waals surface area contributed by atoms with Crippen LogP contribution >= 0.6 is 0 Å². The molecule has 4 aromatic rings. The Labute approximate surface area is 170 Å². The number of rotatable bonds is 3. The van der Waals surface area contributed by atoms with Gasteiger partial charge in [-0.3, -0.25) is 4.79 Å². The Morgan fingerprint density at radius 3 is 2.38 bits per heavy atom. The first-order valence-corrected chi connectivity index (χ1v) is 9.95. The zero-order valence-electron chi connectivity index (χ0n) is 16.6. The topological polar surface area (TPSA) is 26.3 Å². The van der Waals surface area contributed by atoms with Gasteiger partial charge in [0.15, 0.2) is 5.78 Å². The number of aryl methyl sites for hydroxylation is 1. The maximum Gasteiger partial charge on any atom is 0.170 e. The van der Waals surface area contributed by atoms with E-state index in [1.54, 1.807) is 7.11 Å². The smallest absolute Gasteiger partial charge is 0.170 e. The van der Waals surface area contributed by atoms with Crippen molar-refractivity contribution in [2.24, 2.45) is 0 Å². The number of hydrogen-bond donors (Lipinski definition) is 0. The number of ether oxygens (including phenoxy) is 1. The van der Waals surface area contributed by atoms with Gasteiger partial charge in [0.25, 0.3) is 0 Å². The molecule has 0 amide bonds. The second kappa shape index (κ2) is 6.89. The van der Waals surface area contributed by atoms with Gasteiger partial charge in [-0.25, -0.2) is 0 Å². The Kier molecular flexibility index (Phi) is 4.21. The minimum Gasteiger partial charge on any atom is -0.496 e. The predicted molar refractivity (Wildman–Crippen MR) is 118 cm³/mol. The van der Waals surface area contributed by atoms with E-state index in [0.29, 0.717) is 0 Å². The second-order valence-corrected chi connectivity index (χ2v) is 7.77. The van der Waals surface area contributed by atoms with Crippen molar-refractivity contribution in [1.82, 2.24) is 0 Å². The first-order valence-electron chi connectivity index (χ1n) is 9.95. The van der Waals surface area contributed by atoms with E-state index >= 15 is 0 Å². The monoisotopic (exact) mass is 378 g/mol. The highest BCUT2D eigenvalue weighted by molar-refractivity contribution is 6.08. The lowest BCUT2D eigenvalue weighted by Gasteiger charge is -2.18. The summed E-state index contributed by atoms with van der Waals surface area (Å²) in [6.07, 6.45) is 0.747. The Bertz CT molecular complexity index is 1240. The van der Waals surface area contributed by atoms with Crippen LogP contribution in [0.3, 0.4) is 0 Å². The number of benzene rings is 4. The van der Waals surface area contributed by atoms with Crippen LogP contribution in [0.1, 0.15) is 33.0 Å². The summed E-state index contributed by atoms with van der Waals surface area (Å²) in [7, 11) is 1.71. The summed E-state index contributed by atoms with van der Waals surface area (Å²) in [5.74, 6) is 0.869. The molecule has 0 saturated heterocycles. The van der Waals surface area contributed by atoms with Gasteiger partial charge in [-0.05, 0) is 53.1 Å². The molecule has 0 fully saturated rings. The number of fused-ring (bicyclic) bond motifs is 2. The van der Waals surface area contributed by atoms with Crippen molar-refractivity contribution in [3.8, 4) is 16.9 Å². The number of carbonyl (C=O) groups is 1. The lowest BCUT2D eigenvalue weighted by Crippen LogP contribution is -2.08. The van der Waals surface area contributed by atoms with Crippen LogP contribution in [0.15, 0.2) is 78.9 Å². The highest BCUT2D eigenvalue weighted by atomic mass is 16.5. The van der Waals surface area contributed by atoms with Crippen molar-refractivity contribution in [1.29, 1.82) is 0 Å². The first-order chi connectivity index (χ1) is 14.2. The molecule has 0 heterocycles. The van der Waals surface area contributed by atoms with E-state index in [-0.39, 0.29) is 11.7 Å².